The van der Waals surface area contributed by atoms with Crippen LogP contribution in [0.2, 0.25) is 0 Å². The van der Waals surface area contributed by atoms with Gasteiger partial charge in [-0.15, -0.1) is 0 Å². The maximum absolute atomic E-state index is 12.2. The van der Waals surface area contributed by atoms with Crippen LogP contribution < -0.4 is 11.1 Å². The molecule has 0 spiro atoms. The maximum Gasteiger partial charge on any atom is 0.340 e. The van der Waals surface area contributed by atoms with Crippen LogP contribution in [0.15, 0.2) is 60.7 Å². The number of ether oxygens (including phenoxy) is 1. The predicted octanol–water partition coefficient (Wildman–Crippen LogP) is 4.34. The minimum atomic E-state index is -0.387. The average molecular weight is 306 g/mol. The third-order valence-electron chi connectivity index (χ3n) is 3.60. The van der Waals surface area contributed by atoms with Crippen LogP contribution in [0.3, 0.4) is 0 Å². The van der Waals surface area contributed by atoms with Crippen LogP contribution in [0.1, 0.15) is 17.3 Å². The molecule has 0 heterocycles. The van der Waals surface area contributed by atoms with Crippen molar-refractivity contribution in [3.63, 3.8) is 0 Å². The SMILES string of the molecule is CCOC(=O)c1cc(N)ccc1Nc1cccc2ccccc12. The molecule has 0 saturated heterocycles. The molecule has 3 aromatic rings. The Balaban J connectivity index is 2.04. The van der Waals surface area contributed by atoms with Crippen molar-refractivity contribution in [2.45, 2.75) is 6.92 Å². The summed E-state index contributed by atoms with van der Waals surface area (Å²) in [6.07, 6.45) is 0. The summed E-state index contributed by atoms with van der Waals surface area (Å²) in [5, 5.41) is 5.54. The standard InChI is InChI=1S/C19H18N2O2/c1-2-23-19(22)16-12-14(20)10-11-18(16)21-17-9-5-7-13-6-3-4-8-15(13)17/h3-12,21H,2,20H2,1H3. The van der Waals surface area contributed by atoms with Gasteiger partial charge >= 0.3 is 5.97 Å². The van der Waals surface area contributed by atoms with Crippen molar-refractivity contribution in [2.75, 3.05) is 17.7 Å². The van der Waals surface area contributed by atoms with Crippen molar-refractivity contribution in [1.82, 2.24) is 0 Å². The van der Waals surface area contributed by atoms with E-state index in [1.807, 2.05) is 30.3 Å². The van der Waals surface area contributed by atoms with Crippen molar-refractivity contribution in [3.05, 3.63) is 66.2 Å². The molecule has 0 saturated carbocycles. The van der Waals surface area contributed by atoms with E-state index in [2.05, 4.69) is 17.4 Å². The van der Waals surface area contributed by atoms with Crippen molar-refractivity contribution in [3.8, 4) is 0 Å². The van der Waals surface area contributed by atoms with E-state index in [0.29, 0.717) is 23.5 Å². The number of nitrogens with one attached hydrogen (secondary N) is 1. The summed E-state index contributed by atoms with van der Waals surface area (Å²) >= 11 is 0. The molecule has 0 aromatic heterocycles. The normalized spacial score (nSPS) is 10.5. The van der Waals surface area contributed by atoms with Crippen LogP contribution in [0.4, 0.5) is 17.1 Å². The fourth-order valence-electron chi connectivity index (χ4n) is 2.53. The number of carbonyl (C=O) groups excluding carboxylic acids is 1. The monoisotopic (exact) mass is 306 g/mol. The lowest BCUT2D eigenvalue weighted by Crippen LogP contribution is -2.08. The van der Waals surface area contributed by atoms with E-state index in [9.17, 15) is 4.79 Å². The van der Waals surface area contributed by atoms with E-state index in [0.717, 1.165) is 16.5 Å². The fraction of sp³-hybridized carbons (Fsp3) is 0.105. The van der Waals surface area contributed by atoms with E-state index in [1.165, 1.54) is 0 Å². The molecule has 0 amide bonds. The first kappa shape index (κ1) is 14.9. The topological polar surface area (TPSA) is 64.3 Å². The number of benzene rings is 3. The number of anilines is 3. The molecule has 23 heavy (non-hydrogen) atoms. The van der Waals surface area contributed by atoms with Gasteiger partial charge in [-0.25, -0.2) is 4.79 Å². The minimum absolute atomic E-state index is 0.321. The van der Waals surface area contributed by atoms with Crippen molar-refractivity contribution in [2.24, 2.45) is 0 Å². The smallest absolute Gasteiger partial charge is 0.340 e. The first-order valence-electron chi connectivity index (χ1n) is 7.50. The Morgan fingerprint density at radius 2 is 1.83 bits per heavy atom. The Morgan fingerprint density at radius 1 is 1.04 bits per heavy atom. The van der Waals surface area contributed by atoms with Crippen LogP contribution in [-0.2, 0) is 4.74 Å². The number of esters is 1. The van der Waals surface area contributed by atoms with Gasteiger partial charge in [0.05, 0.1) is 17.9 Å². The molecule has 0 atom stereocenters. The van der Waals surface area contributed by atoms with Crippen LogP contribution in [0, 0.1) is 0 Å². The number of fused-ring (bicyclic) bond motifs is 1. The lowest BCUT2D eigenvalue weighted by Gasteiger charge is -2.14. The van der Waals surface area contributed by atoms with Gasteiger partial charge < -0.3 is 15.8 Å². The molecule has 0 aliphatic rings. The number of nitrogens with two attached hydrogens (primary N) is 1. The number of rotatable bonds is 4. The van der Waals surface area contributed by atoms with Crippen molar-refractivity contribution in [1.29, 1.82) is 0 Å². The molecule has 0 aliphatic heterocycles. The second kappa shape index (κ2) is 6.40. The first-order chi connectivity index (χ1) is 11.2. The maximum atomic E-state index is 12.2. The van der Waals surface area contributed by atoms with E-state index < -0.39 is 0 Å². The van der Waals surface area contributed by atoms with Gasteiger partial charge in [0.25, 0.3) is 0 Å². The molecule has 3 rings (SSSR count). The molecule has 3 aromatic carbocycles. The summed E-state index contributed by atoms with van der Waals surface area (Å²) < 4.78 is 5.11. The minimum Gasteiger partial charge on any atom is -0.462 e. The number of carbonyl (C=O) groups is 1. The van der Waals surface area contributed by atoms with Crippen molar-refractivity contribution < 1.29 is 9.53 Å². The van der Waals surface area contributed by atoms with Crippen LogP contribution in [0.25, 0.3) is 10.8 Å². The van der Waals surface area contributed by atoms with Crippen LogP contribution >= 0.6 is 0 Å². The predicted molar refractivity (Wildman–Crippen MR) is 94.0 cm³/mol. The second-order valence-corrected chi connectivity index (χ2v) is 5.18. The highest BCUT2D eigenvalue weighted by atomic mass is 16.5. The Morgan fingerprint density at radius 3 is 2.65 bits per heavy atom. The van der Waals surface area contributed by atoms with Crippen LogP contribution in [-0.4, -0.2) is 12.6 Å². The van der Waals surface area contributed by atoms with Gasteiger partial charge in [-0.3, -0.25) is 0 Å². The second-order valence-electron chi connectivity index (χ2n) is 5.18. The number of hydrogen-bond donors (Lipinski definition) is 2. The fourth-order valence-corrected chi connectivity index (χ4v) is 2.53. The average Bonchev–Trinajstić information content (AvgIpc) is 2.57. The molecule has 0 aliphatic carbocycles. The highest BCUT2D eigenvalue weighted by Crippen LogP contribution is 2.29. The third-order valence-corrected chi connectivity index (χ3v) is 3.60. The van der Waals surface area contributed by atoms with E-state index >= 15 is 0 Å². The molecule has 0 fully saturated rings. The van der Waals surface area contributed by atoms with E-state index in [1.54, 1.807) is 25.1 Å². The highest BCUT2D eigenvalue weighted by molar-refractivity contribution is 6.00. The van der Waals surface area contributed by atoms with Gasteiger partial charge in [0.15, 0.2) is 0 Å². The van der Waals surface area contributed by atoms with Gasteiger partial charge in [0, 0.05) is 16.8 Å². The molecule has 0 radical (unpaired) electrons. The summed E-state index contributed by atoms with van der Waals surface area (Å²) in [6.45, 7) is 2.10. The zero-order valence-electron chi connectivity index (χ0n) is 12.9. The lowest BCUT2D eigenvalue weighted by molar-refractivity contribution is 0.0527. The molecular weight excluding hydrogens is 288 g/mol. The van der Waals surface area contributed by atoms with E-state index in [4.69, 9.17) is 10.5 Å². The zero-order chi connectivity index (χ0) is 16.2. The molecule has 3 N–H and O–H groups in total. The molecule has 4 nitrogen and oxygen atoms in total. The van der Waals surface area contributed by atoms with Gasteiger partial charge in [-0.1, -0.05) is 36.4 Å². The Bertz CT molecular complexity index is 854. The molecule has 0 unspecified atom stereocenters. The lowest BCUT2D eigenvalue weighted by atomic mass is 10.1. The van der Waals surface area contributed by atoms with Gasteiger partial charge in [0.2, 0.25) is 0 Å². The summed E-state index contributed by atoms with van der Waals surface area (Å²) in [5.41, 5.74) is 8.37. The Hall–Kier alpha value is -3.01. The van der Waals surface area contributed by atoms with Gasteiger partial charge in [-0.05, 0) is 36.6 Å². The van der Waals surface area contributed by atoms with Gasteiger partial charge in [-0.2, -0.15) is 0 Å². The quantitative estimate of drug-likeness (QED) is 0.556. The molecule has 4 heteroatoms. The Labute approximate surface area is 134 Å². The van der Waals surface area contributed by atoms with Crippen LogP contribution in [0.5, 0.6) is 0 Å². The largest absolute Gasteiger partial charge is 0.462 e. The summed E-state index contributed by atoms with van der Waals surface area (Å²) in [4.78, 5) is 12.2. The number of nitrogen functional groups attached to an aromatic ring is 1. The first-order valence-corrected chi connectivity index (χ1v) is 7.50. The Kier molecular flexibility index (Phi) is 4.15. The number of hydrogen-bond acceptors (Lipinski definition) is 4. The third kappa shape index (κ3) is 3.11. The zero-order valence-corrected chi connectivity index (χ0v) is 12.9. The summed E-state index contributed by atoms with van der Waals surface area (Å²) in [6, 6.07) is 19.3. The molecular formula is C19H18N2O2. The van der Waals surface area contributed by atoms with Crippen molar-refractivity contribution >= 4 is 33.8 Å². The summed E-state index contributed by atoms with van der Waals surface area (Å²) in [5.74, 6) is -0.387. The molecule has 0 bridgehead atoms. The van der Waals surface area contributed by atoms with Gasteiger partial charge in [0.1, 0.15) is 0 Å². The highest BCUT2D eigenvalue weighted by Gasteiger charge is 2.14. The molecule has 116 valence electrons. The summed E-state index contributed by atoms with van der Waals surface area (Å²) in [7, 11) is 0. The van der Waals surface area contributed by atoms with E-state index in [-0.39, 0.29) is 5.97 Å².